The number of hydrogen-bond donors (Lipinski definition) is 1. The number of piperidine rings is 1. The summed E-state index contributed by atoms with van der Waals surface area (Å²) in [5.74, 6) is 0.347. The minimum atomic E-state index is -0.803. The Kier molecular flexibility index (Phi) is 3.81. The van der Waals surface area contributed by atoms with Crippen molar-refractivity contribution in [3.05, 3.63) is 42.0 Å². The molecule has 2 rings (SSSR count). The molecule has 0 aromatic heterocycles. The summed E-state index contributed by atoms with van der Waals surface area (Å²) in [5.41, 5.74) is 1.17. The van der Waals surface area contributed by atoms with Crippen LogP contribution in [0.2, 0.25) is 0 Å². The Morgan fingerprint density at radius 1 is 1.35 bits per heavy atom. The molecule has 0 spiro atoms. The quantitative estimate of drug-likeness (QED) is 0.849. The number of amides is 1. The van der Waals surface area contributed by atoms with Gasteiger partial charge in [-0.3, -0.25) is 0 Å². The highest BCUT2D eigenvalue weighted by atomic mass is 16.4. The van der Waals surface area contributed by atoms with Crippen molar-refractivity contribution < 1.29 is 9.90 Å². The van der Waals surface area contributed by atoms with Crippen LogP contribution in [0.5, 0.6) is 0 Å². The number of carboxylic acid groups (broad SMARTS) is 1. The number of hydrogen-bond acceptors (Lipinski definition) is 1. The van der Waals surface area contributed by atoms with Crippen LogP contribution < -0.4 is 0 Å². The van der Waals surface area contributed by atoms with Crippen molar-refractivity contribution in [2.45, 2.75) is 12.8 Å². The third kappa shape index (κ3) is 3.34. The molecule has 0 radical (unpaired) electrons. The summed E-state index contributed by atoms with van der Waals surface area (Å²) >= 11 is 0. The van der Waals surface area contributed by atoms with E-state index in [-0.39, 0.29) is 0 Å². The van der Waals surface area contributed by atoms with E-state index in [9.17, 15) is 4.79 Å². The van der Waals surface area contributed by atoms with Crippen LogP contribution in [0.3, 0.4) is 0 Å². The van der Waals surface area contributed by atoms with Gasteiger partial charge in [-0.1, -0.05) is 42.5 Å². The topological polar surface area (TPSA) is 40.5 Å². The van der Waals surface area contributed by atoms with Gasteiger partial charge in [-0.05, 0) is 24.3 Å². The summed E-state index contributed by atoms with van der Waals surface area (Å²) in [6, 6.07) is 10.1. The molecule has 1 unspecified atom stereocenters. The van der Waals surface area contributed by atoms with Crippen molar-refractivity contribution in [2.24, 2.45) is 5.92 Å². The van der Waals surface area contributed by atoms with Crippen LogP contribution in [0.25, 0.3) is 6.08 Å². The third-order valence-corrected chi connectivity index (χ3v) is 3.09. The molecule has 1 saturated heterocycles. The number of rotatable bonds is 2. The largest absolute Gasteiger partial charge is 0.465 e. The van der Waals surface area contributed by atoms with Gasteiger partial charge in [-0.25, -0.2) is 4.79 Å². The lowest BCUT2D eigenvalue weighted by Gasteiger charge is -2.28. The lowest BCUT2D eigenvalue weighted by Crippen LogP contribution is -2.38. The van der Waals surface area contributed by atoms with Crippen molar-refractivity contribution in [3.63, 3.8) is 0 Å². The van der Waals surface area contributed by atoms with E-state index >= 15 is 0 Å². The summed E-state index contributed by atoms with van der Waals surface area (Å²) in [5, 5.41) is 8.94. The van der Waals surface area contributed by atoms with E-state index in [0.717, 1.165) is 12.8 Å². The molecule has 1 atom stereocenters. The fourth-order valence-corrected chi connectivity index (χ4v) is 2.15. The maximum Gasteiger partial charge on any atom is 0.407 e. The van der Waals surface area contributed by atoms with Gasteiger partial charge in [-0.15, -0.1) is 0 Å². The normalized spacial score (nSPS) is 20.7. The highest BCUT2D eigenvalue weighted by Gasteiger charge is 2.20. The van der Waals surface area contributed by atoms with Crippen LogP contribution in [0.15, 0.2) is 36.4 Å². The van der Waals surface area contributed by atoms with Crippen LogP contribution in [0, 0.1) is 5.92 Å². The minimum absolute atomic E-state index is 0.347. The molecular weight excluding hydrogens is 214 g/mol. The number of benzene rings is 1. The van der Waals surface area contributed by atoms with Gasteiger partial charge in [0, 0.05) is 13.1 Å². The number of carbonyl (C=O) groups is 1. The predicted molar refractivity (Wildman–Crippen MR) is 67.8 cm³/mol. The van der Waals surface area contributed by atoms with Crippen LogP contribution in [0.1, 0.15) is 18.4 Å². The van der Waals surface area contributed by atoms with Gasteiger partial charge in [0.1, 0.15) is 0 Å². The smallest absolute Gasteiger partial charge is 0.407 e. The average Bonchev–Trinajstić information content (AvgIpc) is 2.38. The molecule has 0 saturated carbocycles. The highest BCUT2D eigenvalue weighted by molar-refractivity contribution is 5.65. The molecule has 1 aliphatic heterocycles. The van der Waals surface area contributed by atoms with E-state index < -0.39 is 6.09 Å². The molecule has 3 heteroatoms. The van der Waals surface area contributed by atoms with E-state index in [0.29, 0.717) is 19.0 Å². The molecule has 17 heavy (non-hydrogen) atoms. The molecule has 1 amide bonds. The highest BCUT2D eigenvalue weighted by Crippen LogP contribution is 2.18. The predicted octanol–water partition coefficient (Wildman–Crippen LogP) is 3.09. The van der Waals surface area contributed by atoms with Crippen molar-refractivity contribution in [3.8, 4) is 0 Å². The maximum absolute atomic E-state index is 10.9. The van der Waals surface area contributed by atoms with Crippen LogP contribution in [-0.2, 0) is 0 Å². The second kappa shape index (κ2) is 5.53. The lowest BCUT2D eigenvalue weighted by atomic mass is 9.97. The number of nitrogens with zero attached hydrogens (tertiary/aromatic N) is 1. The Balaban J connectivity index is 1.95. The molecule has 1 aromatic carbocycles. The Morgan fingerprint density at radius 2 is 2.12 bits per heavy atom. The van der Waals surface area contributed by atoms with Gasteiger partial charge in [0.15, 0.2) is 0 Å². The fourth-order valence-electron chi connectivity index (χ4n) is 2.15. The Morgan fingerprint density at radius 3 is 2.82 bits per heavy atom. The first-order chi connectivity index (χ1) is 8.25. The molecule has 1 aromatic rings. The first kappa shape index (κ1) is 11.7. The molecule has 1 heterocycles. The zero-order valence-electron chi connectivity index (χ0n) is 9.75. The molecule has 1 aliphatic rings. The molecule has 3 nitrogen and oxygen atoms in total. The third-order valence-electron chi connectivity index (χ3n) is 3.09. The SMILES string of the molecule is O=C(O)N1CCCC(C=Cc2ccccc2)C1. The minimum Gasteiger partial charge on any atom is -0.465 e. The first-order valence-electron chi connectivity index (χ1n) is 5.97. The fraction of sp³-hybridized carbons (Fsp3) is 0.357. The maximum atomic E-state index is 10.9. The second-order valence-electron chi connectivity index (χ2n) is 4.40. The van der Waals surface area contributed by atoms with Crippen LogP contribution >= 0.6 is 0 Å². The zero-order chi connectivity index (χ0) is 12.1. The van der Waals surface area contributed by atoms with E-state index in [1.54, 1.807) is 0 Å². The summed E-state index contributed by atoms with van der Waals surface area (Å²) < 4.78 is 0. The monoisotopic (exact) mass is 231 g/mol. The van der Waals surface area contributed by atoms with Crippen molar-refractivity contribution in [2.75, 3.05) is 13.1 Å². The van der Waals surface area contributed by atoms with Crippen molar-refractivity contribution >= 4 is 12.2 Å². The van der Waals surface area contributed by atoms with Crippen LogP contribution in [-0.4, -0.2) is 29.2 Å². The van der Waals surface area contributed by atoms with E-state index in [4.69, 9.17) is 5.11 Å². The van der Waals surface area contributed by atoms with Gasteiger partial charge in [0.2, 0.25) is 0 Å². The lowest BCUT2D eigenvalue weighted by molar-refractivity contribution is 0.127. The first-order valence-corrected chi connectivity index (χ1v) is 5.97. The van der Waals surface area contributed by atoms with Gasteiger partial charge in [-0.2, -0.15) is 0 Å². The Labute approximate surface area is 101 Å². The van der Waals surface area contributed by atoms with Crippen molar-refractivity contribution in [1.29, 1.82) is 0 Å². The summed E-state index contributed by atoms with van der Waals surface area (Å²) in [6.07, 6.45) is 5.44. The van der Waals surface area contributed by atoms with Crippen molar-refractivity contribution in [1.82, 2.24) is 4.90 Å². The Bertz CT molecular complexity index is 400. The molecular formula is C14H17NO2. The van der Waals surface area contributed by atoms with Gasteiger partial charge in [0.25, 0.3) is 0 Å². The summed E-state index contributed by atoms with van der Waals surface area (Å²) in [7, 11) is 0. The van der Waals surface area contributed by atoms with Gasteiger partial charge < -0.3 is 10.0 Å². The van der Waals surface area contributed by atoms with Gasteiger partial charge in [0.05, 0.1) is 0 Å². The van der Waals surface area contributed by atoms with Crippen LogP contribution in [0.4, 0.5) is 4.79 Å². The number of likely N-dealkylation sites (tertiary alicyclic amines) is 1. The van der Waals surface area contributed by atoms with Gasteiger partial charge >= 0.3 is 6.09 Å². The average molecular weight is 231 g/mol. The molecule has 1 fully saturated rings. The van der Waals surface area contributed by atoms with E-state index in [1.165, 1.54) is 10.5 Å². The second-order valence-corrected chi connectivity index (χ2v) is 4.40. The summed E-state index contributed by atoms with van der Waals surface area (Å²) in [4.78, 5) is 12.4. The molecule has 0 bridgehead atoms. The van der Waals surface area contributed by atoms with E-state index in [1.807, 2.05) is 30.3 Å². The van der Waals surface area contributed by atoms with E-state index in [2.05, 4.69) is 12.2 Å². The molecule has 1 N–H and O–H groups in total. The zero-order valence-corrected chi connectivity index (χ0v) is 9.75. The molecule has 0 aliphatic carbocycles. The Hall–Kier alpha value is -1.77. The standard InChI is InChI=1S/C14H17NO2/c16-14(17)15-10-4-7-13(11-15)9-8-12-5-2-1-3-6-12/h1-3,5-6,8-9,13H,4,7,10-11H2,(H,16,17). The molecule has 90 valence electrons. The summed E-state index contributed by atoms with van der Waals surface area (Å²) in [6.45, 7) is 1.30.